The summed E-state index contributed by atoms with van der Waals surface area (Å²) in [5.74, 6) is -1.33. The number of anilines is 1. The molecule has 0 spiro atoms. The molecule has 1 aromatic carbocycles. The summed E-state index contributed by atoms with van der Waals surface area (Å²) in [6, 6.07) is 2.43. The maximum absolute atomic E-state index is 13.0. The molecule has 0 aliphatic carbocycles. The predicted octanol–water partition coefficient (Wildman–Crippen LogP) is 2.20. The molecule has 0 fully saturated rings. The third-order valence-electron chi connectivity index (χ3n) is 2.36. The van der Waals surface area contributed by atoms with Crippen LogP contribution >= 0.6 is 11.8 Å². The minimum Gasteiger partial charge on any atom is -0.396 e. The van der Waals surface area contributed by atoms with E-state index in [-0.39, 0.29) is 18.3 Å². The molecule has 0 aliphatic heterocycles. The minimum absolute atomic E-state index is 0.0311. The van der Waals surface area contributed by atoms with Crippen LogP contribution in [-0.2, 0) is 0 Å². The summed E-state index contributed by atoms with van der Waals surface area (Å²) in [7, 11) is 0. The van der Waals surface area contributed by atoms with E-state index in [1.807, 2.05) is 6.26 Å². The molecular formula is C12H16F2N2O2S. The molecule has 106 valence electrons. The zero-order valence-electron chi connectivity index (χ0n) is 10.5. The summed E-state index contributed by atoms with van der Waals surface area (Å²) in [5, 5.41) is 13.9. The van der Waals surface area contributed by atoms with E-state index in [4.69, 9.17) is 5.11 Å². The molecule has 3 N–H and O–H groups in total. The van der Waals surface area contributed by atoms with Crippen LogP contribution in [0.5, 0.6) is 0 Å². The lowest BCUT2D eigenvalue weighted by molar-refractivity contribution is 0.241. The van der Waals surface area contributed by atoms with E-state index >= 15 is 0 Å². The van der Waals surface area contributed by atoms with E-state index in [1.54, 1.807) is 0 Å². The highest BCUT2D eigenvalue weighted by molar-refractivity contribution is 7.98. The van der Waals surface area contributed by atoms with Gasteiger partial charge in [0.05, 0.1) is 0 Å². The number of halogens is 2. The third kappa shape index (κ3) is 5.44. The summed E-state index contributed by atoms with van der Waals surface area (Å²) in [6.07, 6.45) is 2.32. The van der Waals surface area contributed by atoms with E-state index in [9.17, 15) is 13.6 Å². The number of hydrogen-bond donors (Lipinski definition) is 3. The van der Waals surface area contributed by atoms with Crippen LogP contribution in [0, 0.1) is 11.6 Å². The van der Waals surface area contributed by atoms with Gasteiger partial charge in [-0.25, -0.2) is 13.6 Å². The van der Waals surface area contributed by atoms with Crippen LogP contribution in [0.2, 0.25) is 0 Å². The number of thioether (sulfide) groups is 1. The van der Waals surface area contributed by atoms with Gasteiger partial charge in [-0.15, -0.1) is 0 Å². The Morgan fingerprint density at radius 2 is 2.16 bits per heavy atom. The summed E-state index contributed by atoms with van der Waals surface area (Å²) < 4.78 is 25.7. The van der Waals surface area contributed by atoms with Crippen LogP contribution in [0.25, 0.3) is 0 Å². The molecule has 0 bridgehead atoms. The first-order chi connectivity index (χ1) is 9.06. The number of rotatable bonds is 6. The third-order valence-corrected chi connectivity index (χ3v) is 3.09. The van der Waals surface area contributed by atoms with Crippen molar-refractivity contribution in [2.24, 2.45) is 0 Å². The Balaban J connectivity index is 2.55. The molecule has 0 saturated heterocycles. The first kappa shape index (κ1) is 15.7. The van der Waals surface area contributed by atoms with Crippen LogP contribution < -0.4 is 10.6 Å². The van der Waals surface area contributed by atoms with Gasteiger partial charge in [-0.1, -0.05) is 0 Å². The normalized spacial score (nSPS) is 12.0. The molecule has 2 amide bonds. The van der Waals surface area contributed by atoms with Crippen molar-refractivity contribution in [3.05, 3.63) is 29.8 Å². The highest BCUT2D eigenvalue weighted by atomic mass is 32.2. The molecule has 19 heavy (non-hydrogen) atoms. The molecular weight excluding hydrogens is 274 g/mol. The van der Waals surface area contributed by atoms with Gasteiger partial charge in [0.15, 0.2) is 11.6 Å². The topological polar surface area (TPSA) is 61.4 Å². The second-order valence-corrected chi connectivity index (χ2v) is 4.80. The molecule has 0 radical (unpaired) electrons. The maximum Gasteiger partial charge on any atom is 0.319 e. The standard InChI is InChI=1S/C12H16F2N2O2S/c1-19-7-9(4-5-17)16-12(18)15-8-2-3-10(13)11(14)6-8/h2-3,6,9,17H,4-5,7H2,1H3,(H2,15,16,18). The quantitative estimate of drug-likeness (QED) is 0.752. The van der Waals surface area contributed by atoms with Crippen LogP contribution in [0.4, 0.5) is 19.3 Å². The van der Waals surface area contributed by atoms with Crippen molar-refractivity contribution >= 4 is 23.5 Å². The Morgan fingerprint density at radius 1 is 1.42 bits per heavy atom. The zero-order valence-corrected chi connectivity index (χ0v) is 11.3. The van der Waals surface area contributed by atoms with Crippen LogP contribution in [0.1, 0.15) is 6.42 Å². The second-order valence-electron chi connectivity index (χ2n) is 3.89. The highest BCUT2D eigenvalue weighted by Gasteiger charge is 2.12. The molecule has 0 aromatic heterocycles. The maximum atomic E-state index is 13.0. The number of amides is 2. The van der Waals surface area contributed by atoms with Crippen molar-refractivity contribution in [2.75, 3.05) is 23.9 Å². The van der Waals surface area contributed by atoms with E-state index in [0.717, 1.165) is 12.1 Å². The molecule has 1 aromatic rings. The van der Waals surface area contributed by atoms with Gasteiger partial charge in [-0.05, 0) is 24.8 Å². The number of urea groups is 1. The summed E-state index contributed by atoms with van der Waals surface area (Å²) in [5.41, 5.74) is 0.170. The highest BCUT2D eigenvalue weighted by Crippen LogP contribution is 2.13. The summed E-state index contributed by atoms with van der Waals surface area (Å²) in [4.78, 5) is 11.6. The number of aliphatic hydroxyl groups excluding tert-OH is 1. The lowest BCUT2D eigenvalue weighted by Crippen LogP contribution is -2.40. The number of carbonyl (C=O) groups excluding carboxylic acids is 1. The van der Waals surface area contributed by atoms with E-state index in [1.165, 1.54) is 17.8 Å². The predicted molar refractivity (Wildman–Crippen MR) is 72.4 cm³/mol. The summed E-state index contributed by atoms with van der Waals surface area (Å²) in [6.45, 7) is -0.0311. The van der Waals surface area contributed by atoms with E-state index in [2.05, 4.69) is 10.6 Å². The fourth-order valence-corrected chi connectivity index (χ4v) is 2.13. The Morgan fingerprint density at radius 3 is 2.74 bits per heavy atom. The largest absolute Gasteiger partial charge is 0.396 e. The smallest absolute Gasteiger partial charge is 0.319 e. The Bertz CT molecular complexity index is 426. The van der Waals surface area contributed by atoms with Gasteiger partial charge in [0.2, 0.25) is 0 Å². The van der Waals surface area contributed by atoms with Crippen LogP contribution in [0.15, 0.2) is 18.2 Å². The lowest BCUT2D eigenvalue weighted by Gasteiger charge is -2.17. The SMILES string of the molecule is CSCC(CCO)NC(=O)Nc1ccc(F)c(F)c1. The number of hydrogen-bond acceptors (Lipinski definition) is 3. The average Bonchev–Trinajstić information content (AvgIpc) is 2.34. The van der Waals surface area contributed by atoms with E-state index < -0.39 is 17.7 Å². The minimum atomic E-state index is -1.02. The van der Waals surface area contributed by atoms with Gasteiger partial charge in [-0.3, -0.25) is 0 Å². The molecule has 0 saturated carbocycles. The van der Waals surface area contributed by atoms with Gasteiger partial charge in [0.1, 0.15) is 0 Å². The lowest BCUT2D eigenvalue weighted by atomic mass is 10.2. The number of aliphatic hydroxyl groups is 1. The first-order valence-electron chi connectivity index (χ1n) is 5.69. The van der Waals surface area contributed by atoms with Gasteiger partial charge in [-0.2, -0.15) is 11.8 Å². The fourth-order valence-electron chi connectivity index (χ4n) is 1.48. The van der Waals surface area contributed by atoms with Gasteiger partial charge < -0.3 is 15.7 Å². The molecule has 0 aliphatic rings. The monoisotopic (exact) mass is 290 g/mol. The number of carbonyl (C=O) groups is 1. The zero-order chi connectivity index (χ0) is 14.3. The molecule has 7 heteroatoms. The number of benzene rings is 1. The Labute approximate surface area is 114 Å². The Hall–Kier alpha value is -1.34. The average molecular weight is 290 g/mol. The van der Waals surface area contributed by atoms with Crippen LogP contribution in [-0.4, -0.2) is 35.8 Å². The number of nitrogens with one attached hydrogen (secondary N) is 2. The second kappa shape index (κ2) is 7.96. The van der Waals surface area contributed by atoms with Crippen molar-refractivity contribution in [3.63, 3.8) is 0 Å². The van der Waals surface area contributed by atoms with Crippen LogP contribution in [0.3, 0.4) is 0 Å². The van der Waals surface area contributed by atoms with E-state index in [0.29, 0.717) is 12.2 Å². The van der Waals surface area contributed by atoms with Crippen molar-refractivity contribution in [2.45, 2.75) is 12.5 Å². The van der Waals surface area contributed by atoms with Crippen molar-refractivity contribution in [3.8, 4) is 0 Å². The first-order valence-corrected chi connectivity index (χ1v) is 7.08. The summed E-state index contributed by atoms with van der Waals surface area (Å²) >= 11 is 1.54. The molecule has 1 atom stereocenters. The molecule has 1 unspecified atom stereocenters. The molecule has 0 heterocycles. The van der Waals surface area contributed by atoms with Gasteiger partial charge in [0, 0.05) is 30.2 Å². The van der Waals surface area contributed by atoms with Gasteiger partial charge >= 0.3 is 6.03 Å². The van der Waals surface area contributed by atoms with Crippen molar-refractivity contribution in [1.82, 2.24) is 5.32 Å². The fraction of sp³-hybridized carbons (Fsp3) is 0.417. The Kier molecular flexibility index (Phi) is 6.58. The molecule has 1 rings (SSSR count). The van der Waals surface area contributed by atoms with Crippen molar-refractivity contribution < 1.29 is 18.7 Å². The van der Waals surface area contributed by atoms with Gasteiger partial charge in [0.25, 0.3) is 0 Å². The molecule has 4 nitrogen and oxygen atoms in total. The van der Waals surface area contributed by atoms with Crippen molar-refractivity contribution in [1.29, 1.82) is 0 Å².